The van der Waals surface area contributed by atoms with E-state index in [4.69, 9.17) is 21.1 Å². The van der Waals surface area contributed by atoms with E-state index in [0.29, 0.717) is 59.5 Å². The van der Waals surface area contributed by atoms with Crippen LogP contribution in [0.3, 0.4) is 0 Å². The van der Waals surface area contributed by atoms with Crippen LogP contribution in [0.1, 0.15) is 26.2 Å². The maximum absolute atomic E-state index is 13.6. The number of anilines is 3. The van der Waals surface area contributed by atoms with Crippen molar-refractivity contribution < 1.29 is 23.5 Å². The Balaban J connectivity index is 1.36. The molecule has 1 amide bonds. The van der Waals surface area contributed by atoms with Crippen LogP contribution in [0.5, 0.6) is 5.75 Å². The second-order valence-corrected chi connectivity index (χ2v) is 10.2. The van der Waals surface area contributed by atoms with Gasteiger partial charge in [0.15, 0.2) is 0 Å². The molecule has 1 aromatic heterocycles. The molecule has 11 heteroatoms. The van der Waals surface area contributed by atoms with Gasteiger partial charge in [0.2, 0.25) is 5.91 Å². The average Bonchev–Trinajstić information content (AvgIpc) is 3.71. The molecule has 2 N–H and O–H groups in total. The minimum Gasteiger partial charge on any atom is -0.491 e. The molecule has 204 valence electrons. The van der Waals surface area contributed by atoms with Gasteiger partial charge in [0, 0.05) is 36.3 Å². The number of esters is 1. The first-order valence-electron chi connectivity index (χ1n) is 12.9. The Labute approximate surface area is 230 Å². The molecule has 1 saturated carbocycles. The van der Waals surface area contributed by atoms with Gasteiger partial charge in [-0.15, -0.1) is 0 Å². The van der Waals surface area contributed by atoms with Gasteiger partial charge in [0.25, 0.3) is 0 Å². The van der Waals surface area contributed by atoms with Crippen molar-refractivity contribution in [3.63, 3.8) is 0 Å². The van der Waals surface area contributed by atoms with E-state index >= 15 is 0 Å². The van der Waals surface area contributed by atoms with Crippen LogP contribution in [-0.2, 0) is 14.3 Å². The molecule has 1 atom stereocenters. The summed E-state index contributed by atoms with van der Waals surface area (Å²) in [5.41, 5.74) is 1.63. The number of carbonyl (C=O) groups excluding carboxylic acids is 2. The molecule has 2 fully saturated rings. The molecule has 2 aromatic carbocycles. The summed E-state index contributed by atoms with van der Waals surface area (Å²) in [5.74, 6) is 0.532. The van der Waals surface area contributed by atoms with E-state index in [2.05, 4.69) is 20.6 Å². The summed E-state index contributed by atoms with van der Waals surface area (Å²) < 4.78 is 24.8. The number of nitrogens with one attached hydrogen (secondary N) is 2. The van der Waals surface area contributed by atoms with Crippen LogP contribution in [0.2, 0.25) is 5.02 Å². The highest BCUT2D eigenvalue weighted by Gasteiger charge is 2.23. The Kier molecular flexibility index (Phi) is 8.23. The van der Waals surface area contributed by atoms with Crippen LogP contribution in [0.4, 0.5) is 21.6 Å². The third-order valence-electron chi connectivity index (χ3n) is 6.49. The number of benzene rings is 2. The van der Waals surface area contributed by atoms with E-state index in [1.54, 1.807) is 24.3 Å². The molecule has 0 bridgehead atoms. The number of cyclic esters (lactones) is 1. The molecule has 9 nitrogen and oxygen atoms in total. The lowest BCUT2D eigenvalue weighted by Crippen LogP contribution is -2.44. The first-order chi connectivity index (χ1) is 18.8. The third-order valence-corrected chi connectivity index (χ3v) is 6.78. The van der Waals surface area contributed by atoms with Gasteiger partial charge in [-0.1, -0.05) is 30.5 Å². The monoisotopic (exact) mass is 553 g/mol. The molecule has 39 heavy (non-hydrogen) atoms. The highest BCUT2D eigenvalue weighted by atomic mass is 35.5. The molecule has 2 aliphatic rings. The number of nitrogens with zero attached hydrogens (tertiary/aromatic N) is 3. The minimum absolute atomic E-state index is 0.0136. The molecule has 1 saturated heterocycles. The number of hydrogen-bond acceptors (Lipinski definition) is 8. The van der Waals surface area contributed by atoms with Crippen LogP contribution in [-0.4, -0.2) is 59.1 Å². The summed E-state index contributed by atoms with van der Waals surface area (Å²) in [5, 5.41) is 6.67. The van der Waals surface area contributed by atoms with Gasteiger partial charge in [-0.3, -0.25) is 14.5 Å². The SMILES string of the molecule is C[C@H]1CN(CC=CC(=O)Nc2cc3c(Nc4ccc(F)c(Cl)c4)ncnc3cc2OCCC2CC2)CC(=O)O1. The van der Waals surface area contributed by atoms with Crippen molar-refractivity contribution in [1.82, 2.24) is 14.9 Å². The smallest absolute Gasteiger partial charge is 0.320 e. The van der Waals surface area contributed by atoms with Crippen molar-refractivity contribution in [3.05, 3.63) is 59.7 Å². The molecular weight excluding hydrogens is 525 g/mol. The van der Waals surface area contributed by atoms with Gasteiger partial charge in [0.05, 0.1) is 29.4 Å². The van der Waals surface area contributed by atoms with E-state index < -0.39 is 5.82 Å². The largest absolute Gasteiger partial charge is 0.491 e. The Morgan fingerprint density at radius 1 is 1.28 bits per heavy atom. The normalized spacial score (nSPS) is 17.8. The highest BCUT2D eigenvalue weighted by Crippen LogP contribution is 2.36. The zero-order valence-corrected chi connectivity index (χ0v) is 22.2. The molecule has 3 aromatic rings. The van der Waals surface area contributed by atoms with Gasteiger partial charge >= 0.3 is 5.97 Å². The number of rotatable bonds is 10. The number of amides is 1. The predicted octanol–water partition coefficient (Wildman–Crippen LogP) is 5.09. The minimum atomic E-state index is -0.518. The Morgan fingerprint density at radius 2 is 2.13 bits per heavy atom. The molecular formula is C28H29ClFN5O4. The fourth-order valence-electron chi connectivity index (χ4n) is 4.39. The van der Waals surface area contributed by atoms with Gasteiger partial charge in [0.1, 0.15) is 29.8 Å². The topological polar surface area (TPSA) is 106 Å². The van der Waals surface area contributed by atoms with Gasteiger partial charge in [-0.2, -0.15) is 0 Å². The van der Waals surface area contributed by atoms with Gasteiger partial charge in [-0.25, -0.2) is 14.4 Å². The predicted molar refractivity (Wildman–Crippen MR) is 147 cm³/mol. The summed E-state index contributed by atoms with van der Waals surface area (Å²) >= 11 is 5.94. The Bertz CT molecular complexity index is 1410. The maximum atomic E-state index is 13.6. The van der Waals surface area contributed by atoms with Crippen molar-refractivity contribution in [2.24, 2.45) is 5.92 Å². The number of fused-ring (bicyclic) bond motifs is 1. The highest BCUT2D eigenvalue weighted by molar-refractivity contribution is 6.31. The van der Waals surface area contributed by atoms with Crippen molar-refractivity contribution in [3.8, 4) is 5.75 Å². The fourth-order valence-corrected chi connectivity index (χ4v) is 4.57. The standard InChI is InChI=1S/C28H29ClFN5O4/c1-17-14-35(15-27(37)39-17)9-2-3-26(36)34-24-12-20-23(13-25(24)38-10-8-18-4-5-18)31-16-32-28(20)33-19-6-7-22(30)21(29)11-19/h2-3,6-7,11-13,16-18H,4-5,8-10,14-15H2,1H3,(H,34,36)(H,31,32,33)/t17-/m0/s1. The number of halogens is 2. The molecule has 1 aliphatic heterocycles. The Morgan fingerprint density at radius 3 is 2.90 bits per heavy atom. The van der Waals surface area contributed by atoms with E-state index in [0.717, 1.165) is 6.42 Å². The van der Waals surface area contributed by atoms with E-state index in [1.165, 1.54) is 37.4 Å². The first-order valence-corrected chi connectivity index (χ1v) is 13.2. The second-order valence-electron chi connectivity index (χ2n) is 9.81. The van der Waals surface area contributed by atoms with E-state index in [-0.39, 0.29) is 29.5 Å². The zero-order chi connectivity index (χ0) is 27.4. The van der Waals surface area contributed by atoms with Gasteiger partial charge < -0.3 is 20.1 Å². The first kappa shape index (κ1) is 26.8. The zero-order valence-electron chi connectivity index (χ0n) is 21.5. The van der Waals surface area contributed by atoms with Gasteiger partial charge in [-0.05, 0) is 43.5 Å². The number of morpholine rings is 1. The molecule has 2 heterocycles. The summed E-state index contributed by atoms with van der Waals surface area (Å²) in [6, 6.07) is 7.82. The lowest BCUT2D eigenvalue weighted by molar-refractivity contribution is -0.156. The second kappa shape index (κ2) is 12.0. The summed E-state index contributed by atoms with van der Waals surface area (Å²) in [7, 11) is 0. The van der Waals surface area contributed by atoms with Crippen molar-refractivity contribution in [1.29, 1.82) is 0 Å². The average molecular weight is 554 g/mol. The van der Waals surface area contributed by atoms with Crippen molar-refractivity contribution >= 4 is 51.6 Å². The Hall–Kier alpha value is -3.76. The van der Waals surface area contributed by atoms with Crippen LogP contribution >= 0.6 is 11.6 Å². The van der Waals surface area contributed by atoms with Crippen LogP contribution in [0, 0.1) is 11.7 Å². The van der Waals surface area contributed by atoms with Crippen LogP contribution < -0.4 is 15.4 Å². The third kappa shape index (κ3) is 7.21. The quantitative estimate of drug-likeness (QED) is 0.264. The molecule has 5 rings (SSSR count). The van der Waals surface area contributed by atoms with Crippen molar-refractivity contribution in [2.75, 3.05) is 36.9 Å². The molecule has 1 aliphatic carbocycles. The van der Waals surface area contributed by atoms with Crippen LogP contribution in [0.15, 0.2) is 48.8 Å². The number of hydrogen-bond donors (Lipinski definition) is 2. The summed E-state index contributed by atoms with van der Waals surface area (Å²) in [6.45, 7) is 3.60. The van der Waals surface area contributed by atoms with Crippen LogP contribution in [0.25, 0.3) is 10.9 Å². The number of ether oxygens (including phenoxy) is 2. The lowest BCUT2D eigenvalue weighted by atomic mass is 10.1. The molecule has 0 spiro atoms. The fraction of sp³-hybridized carbons (Fsp3) is 0.357. The van der Waals surface area contributed by atoms with E-state index in [1.807, 2.05) is 11.8 Å². The summed E-state index contributed by atoms with van der Waals surface area (Å²) in [6.07, 6.45) is 7.77. The number of carbonyl (C=O) groups is 2. The lowest BCUT2D eigenvalue weighted by Gasteiger charge is -2.29. The number of aromatic nitrogens is 2. The van der Waals surface area contributed by atoms with Crippen molar-refractivity contribution in [2.45, 2.75) is 32.3 Å². The summed E-state index contributed by atoms with van der Waals surface area (Å²) in [4.78, 5) is 35.1. The molecule has 0 radical (unpaired) electrons. The van der Waals surface area contributed by atoms with E-state index in [9.17, 15) is 14.0 Å². The molecule has 0 unspecified atom stereocenters. The maximum Gasteiger partial charge on any atom is 0.320 e.